The van der Waals surface area contributed by atoms with E-state index in [0.29, 0.717) is 13.7 Å². The molecule has 0 aliphatic rings. The summed E-state index contributed by atoms with van der Waals surface area (Å²) >= 11 is 0. The molecule has 0 fully saturated rings. The highest BCUT2D eigenvalue weighted by atomic mass is 16.5. The van der Waals surface area contributed by atoms with Gasteiger partial charge in [-0.3, -0.25) is 0 Å². The van der Waals surface area contributed by atoms with Gasteiger partial charge in [-0.05, 0) is 24.3 Å². The number of aromatic carboxylic acids is 1. The zero-order valence-electron chi connectivity index (χ0n) is 17.5. The summed E-state index contributed by atoms with van der Waals surface area (Å²) in [5.74, 6) is -1.63. The van der Waals surface area contributed by atoms with E-state index < -0.39 is 48.8 Å². The molecule has 0 atom stereocenters. The molecule has 0 saturated heterocycles. The summed E-state index contributed by atoms with van der Waals surface area (Å²) in [6.07, 6.45) is 0. The van der Waals surface area contributed by atoms with Crippen LogP contribution in [0, 0.1) is 0 Å². The third-order valence-electron chi connectivity index (χ3n) is 4.05. The third-order valence-corrected chi connectivity index (χ3v) is 4.05. The number of aromatic nitrogens is 3. The first-order valence-corrected chi connectivity index (χ1v) is 9.61. The lowest BCUT2D eigenvalue weighted by Crippen LogP contribution is -2.55. The number of esters is 1. The van der Waals surface area contributed by atoms with E-state index in [1.807, 2.05) is 0 Å². The van der Waals surface area contributed by atoms with Crippen molar-refractivity contribution < 1.29 is 39.9 Å². The smallest absolute Gasteiger partial charge is 0.338 e. The van der Waals surface area contributed by atoms with Crippen molar-refractivity contribution >= 4 is 11.9 Å². The monoisotopic (exact) mass is 471 g/mol. The van der Waals surface area contributed by atoms with Gasteiger partial charge in [0.05, 0.1) is 57.2 Å². The predicted molar refractivity (Wildman–Crippen MR) is 111 cm³/mol. The Morgan fingerprint density at radius 2 is 1.03 bits per heavy atom. The number of benzene rings is 1. The van der Waals surface area contributed by atoms with E-state index in [1.165, 1.54) is 24.3 Å². The van der Waals surface area contributed by atoms with E-state index in [9.17, 15) is 24.0 Å². The lowest BCUT2D eigenvalue weighted by Gasteiger charge is -2.11. The molecule has 182 valence electrons. The lowest BCUT2D eigenvalue weighted by atomic mass is 10.1. The van der Waals surface area contributed by atoms with E-state index in [4.69, 9.17) is 25.5 Å². The van der Waals surface area contributed by atoms with Crippen LogP contribution in [0.3, 0.4) is 0 Å². The zero-order chi connectivity index (χ0) is 25.0. The molecule has 2 aromatic rings. The molecule has 33 heavy (non-hydrogen) atoms. The van der Waals surface area contributed by atoms with Crippen molar-refractivity contribution in [3.63, 3.8) is 0 Å². The van der Waals surface area contributed by atoms with Crippen LogP contribution in [0.15, 0.2) is 38.6 Å². The Morgan fingerprint density at radius 1 is 0.667 bits per heavy atom. The molecule has 14 heteroatoms. The summed E-state index contributed by atoms with van der Waals surface area (Å²) in [5, 5.41) is 43.4. The molecule has 0 unspecified atom stereocenters. The van der Waals surface area contributed by atoms with Crippen molar-refractivity contribution in [2.24, 2.45) is 0 Å². The maximum absolute atomic E-state index is 11.8. The van der Waals surface area contributed by atoms with Crippen molar-refractivity contribution in [1.29, 1.82) is 0 Å². The number of ether oxygens (including phenoxy) is 1. The van der Waals surface area contributed by atoms with Crippen molar-refractivity contribution in [1.82, 2.24) is 13.7 Å². The quantitative estimate of drug-likeness (QED) is 0.216. The second kappa shape index (κ2) is 13.7. The normalized spacial score (nSPS) is 10.3. The summed E-state index contributed by atoms with van der Waals surface area (Å²) in [5.41, 5.74) is -2.30. The number of carbonyl (C=O) groups excluding carboxylic acids is 1. The van der Waals surface area contributed by atoms with Gasteiger partial charge < -0.3 is 30.3 Å². The van der Waals surface area contributed by atoms with Gasteiger partial charge >= 0.3 is 29.0 Å². The number of aliphatic hydroxyl groups excluding tert-OH is 4. The topological polar surface area (TPSA) is 211 Å². The summed E-state index contributed by atoms with van der Waals surface area (Å²) in [6.45, 7) is -2.39. The molecule has 14 nitrogen and oxygen atoms in total. The SMILES string of the molecule is O=C(O)c1ccc(C(=O)OCCO)cc1.O=c1n(CCO)c(=O)n(CCO)c(=O)n1CCO. The van der Waals surface area contributed by atoms with Gasteiger partial charge in [0.2, 0.25) is 0 Å². The van der Waals surface area contributed by atoms with Gasteiger partial charge in [-0.1, -0.05) is 0 Å². The number of carboxylic acid groups (broad SMARTS) is 1. The largest absolute Gasteiger partial charge is 0.478 e. The van der Waals surface area contributed by atoms with Crippen molar-refractivity contribution in [2.45, 2.75) is 19.6 Å². The van der Waals surface area contributed by atoms with Crippen molar-refractivity contribution in [2.75, 3.05) is 33.0 Å². The molecule has 2 rings (SSSR count). The molecule has 1 heterocycles. The predicted octanol–water partition coefficient (Wildman–Crippen LogP) is -3.32. The summed E-state index contributed by atoms with van der Waals surface area (Å²) in [4.78, 5) is 57.0. The number of hydrogen-bond donors (Lipinski definition) is 5. The summed E-state index contributed by atoms with van der Waals surface area (Å²) < 4.78 is 6.70. The highest BCUT2D eigenvalue weighted by Crippen LogP contribution is 2.05. The molecule has 0 bridgehead atoms. The Labute approximate surface area is 185 Å². The molecular weight excluding hydrogens is 446 g/mol. The van der Waals surface area contributed by atoms with Crippen LogP contribution in [-0.2, 0) is 24.4 Å². The fraction of sp³-hybridized carbons (Fsp3) is 0.421. The molecule has 0 amide bonds. The van der Waals surface area contributed by atoms with Crippen LogP contribution >= 0.6 is 0 Å². The minimum Gasteiger partial charge on any atom is -0.478 e. The Morgan fingerprint density at radius 3 is 1.33 bits per heavy atom. The first kappa shape index (κ1) is 27.4. The molecule has 0 aliphatic carbocycles. The first-order valence-electron chi connectivity index (χ1n) is 9.61. The van der Waals surface area contributed by atoms with Crippen LogP contribution in [0.4, 0.5) is 0 Å². The van der Waals surface area contributed by atoms with Gasteiger partial charge in [-0.15, -0.1) is 0 Å². The van der Waals surface area contributed by atoms with Gasteiger partial charge in [0.25, 0.3) is 0 Å². The maximum atomic E-state index is 11.8. The maximum Gasteiger partial charge on any atom is 0.338 e. The van der Waals surface area contributed by atoms with E-state index in [0.717, 1.165) is 0 Å². The Bertz CT molecular complexity index is 989. The summed E-state index contributed by atoms with van der Waals surface area (Å²) in [6, 6.07) is 5.36. The highest BCUT2D eigenvalue weighted by molar-refractivity contribution is 5.92. The van der Waals surface area contributed by atoms with Crippen LogP contribution in [0.2, 0.25) is 0 Å². The number of carboxylic acids is 1. The van der Waals surface area contributed by atoms with E-state index in [2.05, 4.69) is 4.74 Å². The first-order chi connectivity index (χ1) is 15.7. The molecule has 0 aliphatic heterocycles. The van der Waals surface area contributed by atoms with Crippen molar-refractivity contribution in [3.05, 3.63) is 66.8 Å². The Balaban J connectivity index is 0.000000335. The number of nitrogens with zero attached hydrogens (tertiary/aromatic N) is 3. The minimum absolute atomic E-state index is 0.0699. The highest BCUT2D eigenvalue weighted by Gasteiger charge is 2.14. The minimum atomic E-state index is -1.05. The Kier molecular flexibility index (Phi) is 11.4. The van der Waals surface area contributed by atoms with Crippen LogP contribution in [0.5, 0.6) is 0 Å². The molecule has 0 spiro atoms. The van der Waals surface area contributed by atoms with Crippen LogP contribution in [0.25, 0.3) is 0 Å². The number of rotatable bonds is 10. The van der Waals surface area contributed by atoms with Crippen LogP contribution in [0.1, 0.15) is 20.7 Å². The zero-order valence-corrected chi connectivity index (χ0v) is 17.5. The fourth-order valence-electron chi connectivity index (χ4n) is 2.53. The van der Waals surface area contributed by atoms with Crippen molar-refractivity contribution in [3.8, 4) is 0 Å². The fourth-order valence-corrected chi connectivity index (χ4v) is 2.53. The molecule has 0 saturated carbocycles. The molecule has 0 radical (unpaired) electrons. The van der Waals surface area contributed by atoms with Crippen LogP contribution in [-0.4, -0.2) is 84.2 Å². The van der Waals surface area contributed by atoms with E-state index in [1.54, 1.807) is 0 Å². The van der Waals surface area contributed by atoms with Gasteiger partial charge in [0, 0.05) is 0 Å². The lowest BCUT2D eigenvalue weighted by molar-refractivity contribution is 0.0433. The second-order valence-corrected chi connectivity index (χ2v) is 6.22. The molecule has 5 N–H and O–H groups in total. The van der Waals surface area contributed by atoms with E-state index >= 15 is 0 Å². The average molecular weight is 471 g/mol. The van der Waals surface area contributed by atoms with E-state index in [-0.39, 0.29) is 44.0 Å². The van der Waals surface area contributed by atoms with Gasteiger partial charge in [-0.25, -0.2) is 37.7 Å². The third kappa shape index (κ3) is 7.50. The standard InChI is InChI=1S/C10H10O5.C9H15N3O6/c11-5-6-15-10(14)8-3-1-7(2-4-8)9(12)13;13-4-1-10-7(16)11(2-5-14)9(18)12(3-6-15)8(10)17/h1-4,11H,5-6H2,(H,12,13);13-15H,1-6H2. The molecule has 1 aromatic heterocycles. The average Bonchev–Trinajstić information content (AvgIpc) is 2.81. The van der Waals surface area contributed by atoms with Gasteiger partial charge in [0.1, 0.15) is 6.61 Å². The van der Waals surface area contributed by atoms with Crippen LogP contribution < -0.4 is 17.1 Å². The molecule has 1 aromatic carbocycles. The number of carbonyl (C=O) groups is 2. The van der Waals surface area contributed by atoms with Gasteiger partial charge in [-0.2, -0.15) is 0 Å². The summed E-state index contributed by atoms with van der Waals surface area (Å²) in [7, 11) is 0. The number of aliphatic hydroxyl groups is 4. The second-order valence-electron chi connectivity index (χ2n) is 6.22. The Hall–Kier alpha value is -3.59. The van der Waals surface area contributed by atoms with Gasteiger partial charge in [0.15, 0.2) is 0 Å². The number of hydrogen-bond acceptors (Lipinski definition) is 10. The molecular formula is C19H25N3O11.